The predicted octanol–water partition coefficient (Wildman–Crippen LogP) is 5.08. The van der Waals surface area contributed by atoms with Gasteiger partial charge in [0.25, 0.3) is 0 Å². The molecule has 1 fully saturated rings. The maximum Gasteiger partial charge on any atom is 0.345 e. The number of amides is 3. The zero-order valence-electron chi connectivity index (χ0n) is 25.2. The van der Waals surface area contributed by atoms with Gasteiger partial charge in [-0.3, -0.25) is 19.3 Å². The number of Topliss-reactive ketones (excluding diaryl/α,β-unsaturated/α-hetero) is 1. The highest BCUT2D eigenvalue weighted by Gasteiger charge is 2.36. The molecule has 42 heavy (non-hydrogen) atoms. The third-order valence-corrected chi connectivity index (χ3v) is 7.74. The Hall–Kier alpha value is -4.21. The molecule has 2 aliphatic rings. The monoisotopic (exact) mass is 575 g/mol. The topological polar surface area (TPSA) is 112 Å². The molecule has 224 valence electrons. The van der Waals surface area contributed by atoms with Crippen LogP contribution in [-0.2, 0) is 19.1 Å². The second kappa shape index (κ2) is 13.2. The molecule has 2 aromatic carbocycles. The zero-order valence-corrected chi connectivity index (χ0v) is 25.2. The van der Waals surface area contributed by atoms with Crippen LogP contribution in [0.4, 0.5) is 21.9 Å². The van der Waals surface area contributed by atoms with Gasteiger partial charge in [-0.15, -0.1) is 0 Å². The molecule has 10 heteroatoms. The molecule has 0 bridgehead atoms. The molecule has 1 aliphatic heterocycles. The number of hydrogen-bond acceptors (Lipinski definition) is 7. The Bertz CT molecular complexity index is 1360. The molecule has 1 saturated carbocycles. The third-order valence-electron chi connectivity index (χ3n) is 7.74. The molecular weight excluding hydrogens is 534 g/mol. The van der Waals surface area contributed by atoms with E-state index in [-0.39, 0.29) is 37.3 Å². The number of rotatable bonds is 9. The van der Waals surface area contributed by atoms with E-state index in [1.165, 1.54) is 17.0 Å². The summed E-state index contributed by atoms with van der Waals surface area (Å²) in [5.74, 6) is -0.757. The number of hydrogen-bond donors (Lipinski definition) is 1. The highest BCUT2D eigenvalue weighted by Crippen LogP contribution is 2.34. The molecule has 3 amide bonds. The minimum absolute atomic E-state index is 0.0541. The maximum absolute atomic E-state index is 14.0. The number of carbonyl (C=O) groups is 4. The van der Waals surface area contributed by atoms with E-state index in [2.05, 4.69) is 5.32 Å². The van der Waals surface area contributed by atoms with E-state index in [0.717, 1.165) is 43.4 Å². The number of esters is 1. The minimum atomic E-state index is -0.650. The van der Waals surface area contributed by atoms with Crippen LogP contribution in [0, 0.1) is 11.3 Å². The van der Waals surface area contributed by atoms with E-state index in [1.54, 1.807) is 30.1 Å². The van der Waals surface area contributed by atoms with Gasteiger partial charge in [-0.25, -0.2) is 9.80 Å². The van der Waals surface area contributed by atoms with Crippen molar-refractivity contribution in [3.8, 4) is 0 Å². The van der Waals surface area contributed by atoms with Crippen molar-refractivity contribution in [3.05, 3.63) is 54.1 Å². The Morgan fingerprint density at radius 3 is 2.43 bits per heavy atom. The van der Waals surface area contributed by atoms with Crippen molar-refractivity contribution in [2.24, 2.45) is 16.4 Å². The summed E-state index contributed by atoms with van der Waals surface area (Å²) in [6.07, 6.45) is 5.22. The lowest BCUT2D eigenvalue weighted by molar-refractivity contribution is -0.138. The van der Waals surface area contributed by atoms with Gasteiger partial charge in [-0.2, -0.15) is 5.10 Å². The van der Waals surface area contributed by atoms with E-state index in [1.807, 2.05) is 51.1 Å². The van der Waals surface area contributed by atoms with Crippen LogP contribution in [0.5, 0.6) is 0 Å². The van der Waals surface area contributed by atoms with Crippen molar-refractivity contribution in [1.82, 2.24) is 5.01 Å². The van der Waals surface area contributed by atoms with Crippen LogP contribution in [0.15, 0.2) is 53.6 Å². The summed E-state index contributed by atoms with van der Waals surface area (Å²) in [6.45, 7) is 5.09. The van der Waals surface area contributed by atoms with Crippen LogP contribution in [0.3, 0.4) is 0 Å². The van der Waals surface area contributed by atoms with E-state index in [4.69, 9.17) is 9.84 Å². The molecule has 0 saturated heterocycles. The Morgan fingerprint density at radius 1 is 1.02 bits per heavy atom. The van der Waals surface area contributed by atoms with Crippen molar-refractivity contribution >= 4 is 46.5 Å². The molecule has 10 nitrogen and oxygen atoms in total. The van der Waals surface area contributed by atoms with E-state index in [9.17, 15) is 19.2 Å². The molecule has 0 aromatic heterocycles. The van der Waals surface area contributed by atoms with Crippen molar-refractivity contribution in [1.29, 1.82) is 0 Å². The lowest BCUT2D eigenvalue weighted by Gasteiger charge is -2.28. The van der Waals surface area contributed by atoms with Gasteiger partial charge < -0.3 is 15.0 Å². The van der Waals surface area contributed by atoms with Gasteiger partial charge in [0.05, 0.1) is 25.1 Å². The number of methoxy groups -OCH3 is 1. The largest absolute Gasteiger partial charge is 0.468 e. The number of likely N-dealkylation sites (N-methyl/N-ethyl adjacent to an activating group) is 1. The SMILES string of the molecule is COC(=O)CN(C)c1cccc(NC(=O)CN2N=C(C3CCCCC3)c3ccccc3N(CC(=O)C(C)(C)C)C2=O)c1. The number of fused-ring (bicyclic) bond motifs is 1. The normalized spacial score (nSPS) is 15.8. The average molecular weight is 576 g/mol. The first kappa shape index (κ1) is 30.7. The first-order valence-corrected chi connectivity index (χ1v) is 14.5. The van der Waals surface area contributed by atoms with Gasteiger partial charge in [0.1, 0.15) is 13.1 Å². The number of urea groups is 1. The second-order valence-corrected chi connectivity index (χ2v) is 12.0. The molecular formula is C32H41N5O5. The van der Waals surface area contributed by atoms with Gasteiger partial charge in [-0.05, 0) is 37.1 Å². The number of anilines is 3. The summed E-state index contributed by atoms with van der Waals surface area (Å²) < 4.78 is 4.74. The van der Waals surface area contributed by atoms with Crippen molar-refractivity contribution in [3.63, 3.8) is 0 Å². The van der Waals surface area contributed by atoms with Gasteiger partial charge in [0, 0.05) is 35.3 Å². The van der Waals surface area contributed by atoms with Crippen LogP contribution in [0.25, 0.3) is 0 Å². The lowest BCUT2D eigenvalue weighted by atomic mass is 9.83. The number of nitrogens with one attached hydrogen (secondary N) is 1. The van der Waals surface area contributed by atoms with Crippen molar-refractivity contribution < 1.29 is 23.9 Å². The minimum Gasteiger partial charge on any atom is -0.468 e. The first-order valence-electron chi connectivity index (χ1n) is 14.5. The van der Waals surface area contributed by atoms with Gasteiger partial charge in [0.15, 0.2) is 5.78 Å². The number of carbonyl (C=O) groups excluding carboxylic acids is 4. The predicted molar refractivity (Wildman–Crippen MR) is 164 cm³/mol. The number of nitrogens with zero attached hydrogens (tertiary/aromatic N) is 4. The maximum atomic E-state index is 14.0. The number of hydrazone groups is 1. The van der Waals surface area contributed by atoms with Crippen LogP contribution in [-0.4, -0.2) is 68.2 Å². The van der Waals surface area contributed by atoms with Crippen LogP contribution in [0.1, 0.15) is 58.4 Å². The lowest BCUT2D eigenvalue weighted by Crippen LogP contribution is -2.47. The summed E-state index contributed by atoms with van der Waals surface area (Å²) in [7, 11) is 3.08. The summed E-state index contributed by atoms with van der Waals surface area (Å²) >= 11 is 0. The third kappa shape index (κ3) is 7.35. The van der Waals surface area contributed by atoms with E-state index in [0.29, 0.717) is 17.1 Å². The Balaban J connectivity index is 1.63. The Labute approximate surface area is 247 Å². The summed E-state index contributed by atoms with van der Waals surface area (Å²) in [5, 5.41) is 8.89. The smallest absolute Gasteiger partial charge is 0.345 e. The molecule has 0 atom stereocenters. The molecule has 0 spiro atoms. The zero-order chi connectivity index (χ0) is 30.4. The fourth-order valence-electron chi connectivity index (χ4n) is 5.22. The number of para-hydroxylation sites is 1. The molecule has 1 N–H and O–H groups in total. The molecule has 1 aliphatic carbocycles. The fraction of sp³-hybridized carbons (Fsp3) is 0.469. The summed E-state index contributed by atoms with van der Waals surface area (Å²) in [4.78, 5) is 55.4. The Kier molecular flexibility index (Phi) is 9.65. The van der Waals surface area contributed by atoms with Crippen LogP contribution < -0.4 is 15.1 Å². The molecule has 4 rings (SSSR count). The van der Waals surface area contributed by atoms with E-state index >= 15 is 0 Å². The second-order valence-electron chi connectivity index (χ2n) is 12.0. The van der Waals surface area contributed by atoms with E-state index < -0.39 is 17.4 Å². The molecule has 0 unspecified atom stereocenters. The number of benzene rings is 2. The van der Waals surface area contributed by atoms with Crippen LogP contribution >= 0.6 is 0 Å². The van der Waals surface area contributed by atoms with Crippen molar-refractivity contribution in [2.75, 3.05) is 48.9 Å². The molecule has 1 heterocycles. The van der Waals surface area contributed by atoms with Gasteiger partial charge in [0.2, 0.25) is 5.91 Å². The first-order chi connectivity index (χ1) is 20.0. The number of ether oxygens (including phenoxy) is 1. The van der Waals surface area contributed by atoms with Crippen molar-refractivity contribution in [2.45, 2.75) is 52.9 Å². The highest BCUT2D eigenvalue weighted by molar-refractivity contribution is 6.13. The standard InChI is InChI=1S/C32H41N5O5/c1-32(2,3)27(38)19-36-26-17-10-9-16-25(26)30(22-12-7-6-8-13-22)34-37(31(36)41)20-28(39)33-23-14-11-15-24(18-23)35(4)21-29(40)42-5/h9-11,14-18,22H,6-8,12-13,19-21H2,1-5H3,(H,33,39). The van der Waals surface area contributed by atoms with Crippen LogP contribution in [0.2, 0.25) is 0 Å². The average Bonchev–Trinajstić information content (AvgIpc) is 3.07. The Morgan fingerprint density at radius 2 is 1.74 bits per heavy atom. The molecule has 0 radical (unpaired) electrons. The quantitative estimate of drug-likeness (QED) is 0.418. The van der Waals surface area contributed by atoms with Gasteiger partial charge >= 0.3 is 12.0 Å². The fourth-order valence-corrected chi connectivity index (χ4v) is 5.22. The summed E-state index contributed by atoms with van der Waals surface area (Å²) in [6, 6.07) is 14.1. The summed E-state index contributed by atoms with van der Waals surface area (Å²) in [5.41, 5.74) is 2.81. The van der Waals surface area contributed by atoms with Gasteiger partial charge in [-0.1, -0.05) is 64.3 Å². The number of ketones is 1. The highest BCUT2D eigenvalue weighted by atomic mass is 16.5. The molecule has 2 aromatic rings.